The maximum absolute atomic E-state index is 13.7. The molecule has 10 heteroatoms. The van der Waals surface area contributed by atoms with E-state index < -0.39 is 16.9 Å². The Bertz CT molecular complexity index is 1150. The van der Waals surface area contributed by atoms with Crippen LogP contribution in [0.5, 0.6) is 0 Å². The monoisotopic (exact) mass is 488 g/mol. The van der Waals surface area contributed by atoms with Crippen molar-refractivity contribution in [1.29, 1.82) is 0 Å². The van der Waals surface area contributed by atoms with Gasteiger partial charge in [-0.25, -0.2) is 14.3 Å². The van der Waals surface area contributed by atoms with Crippen molar-refractivity contribution < 1.29 is 9.59 Å². The van der Waals surface area contributed by atoms with Crippen LogP contribution in [0.15, 0.2) is 21.9 Å². The molecular weight excluding hydrogens is 464 g/mol. The highest BCUT2D eigenvalue weighted by atomic mass is 79.9. The van der Waals surface area contributed by atoms with Crippen LogP contribution in [-0.2, 0) is 10.3 Å². The van der Waals surface area contributed by atoms with Gasteiger partial charge in [-0.3, -0.25) is 19.8 Å². The second-order valence-corrected chi connectivity index (χ2v) is 10.4. The summed E-state index contributed by atoms with van der Waals surface area (Å²) in [7, 11) is 0. The van der Waals surface area contributed by atoms with Crippen LogP contribution in [0.2, 0.25) is 0 Å². The van der Waals surface area contributed by atoms with Crippen molar-refractivity contribution in [1.82, 2.24) is 19.4 Å². The summed E-state index contributed by atoms with van der Waals surface area (Å²) < 4.78 is 3.65. The highest BCUT2D eigenvalue weighted by molar-refractivity contribution is 9.10. The van der Waals surface area contributed by atoms with Crippen LogP contribution in [0, 0.1) is 31.1 Å². The number of aromatic nitrogens is 4. The highest BCUT2D eigenvalue weighted by Crippen LogP contribution is 2.64. The Balaban J connectivity index is 1.51. The molecule has 2 heterocycles. The third kappa shape index (κ3) is 3.06. The van der Waals surface area contributed by atoms with Gasteiger partial charge in [0.15, 0.2) is 0 Å². The van der Waals surface area contributed by atoms with Gasteiger partial charge < -0.3 is 5.73 Å². The number of amides is 2. The molecule has 9 nitrogen and oxygen atoms in total. The predicted octanol–water partition coefficient (Wildman–Crippen LogP) is 1.98. The Morgan fingerprint density at radius 3 is 2.48 bits per heavy atom. The molecule has 4 saturated carbocycles. The lowest BCUT2D eigenvalue weighted by Crippen LogP contribution is -2.61. The van der Waals surface area contributed by atoms with Crippen LogP contribution in [0.25, 0.3) is 0 Å². The van der Waals surface area contributed by atoms with Crippen LogP contribution < -0.4 is 16.7 Å². The second-order valence-electron chi connectivity index (χ2n) is 9.71. The first-order valence-corrected chi connectivity index (χ1v) is 11.3. The van der Waals surface area contributed by atoms with E-state index in [1.165, 1.54) is 4.68 Å². The lowest BCUT2D eigenvalue weighted by Gasteiger charge is -2.60. The first-order chi connectivity index (χ1) is 14.6. The molecule has 4 atom stereocenters. The van der Waals surface area contributed by atoms with Crippen LogP contribution in [0.3, 0.4) is 0 Å². The van der Waals surface area contributed by atoms with Crippen molar-refractivity contribution in [2.75, 3.05) is 5.43 Å². The fraction of sp³-hybridized carbons (Fsp3) is 0.571. The number of rotatable bonds is 4. The van der Waals surface area contributed by atoms with Crippen molar-refractivity contribution in [3.8, 4) is 0 Å². The number of nitrogens with one attached hydrogen (secondary N) is 1. The zero-order chi connectivity index (χ0) is 22.1. The summed E-state index contributed by atoms with van der Waals surface area (Å²) in [4.78, 5) is 42.6. The Hall–Kier alpha value is -2.49. The topological polar surface area (TPSA) is 125 Å². The highest BCUT2D eigenvalue weighted by Gasteiger charge is 2.62. The lowest BCUT2D eigenvalue weighted by atomic mass is 9.46. The van der Waals surface area contributed by atoms with Crippen LogP contribution in [0.1, 0.15) is 60.1 Å². The van der Waals surface area contributed by atoms with E-state index in [2.05, 4.69) is 31.4 Å². The number of primary amides is 1. The molecule has 4 fully saturated rings. The summed E-state index contributed by atoms with van der Waals surface area (Å²) in [5.41, 5.74) is 7.82. The molecule has 0 saturated heterocycles. The van der Waals surface area contributed by atoms with E-state index in [4.69, 9.17) is 5.73 Å². The number of carbonyl (C=O) groups is 2. The molecule has 0 aliphatic heterocycles. The fourth-order valence-corrected chi connectivity index (χ4v) is 7.03. The van der Waals surface area contributed by atoms with Gasteiger partial charge in [-0.15, -0.1) is 5.10 Å². The Labute approximate surface area is 187 Å². The Kier molecular flexibility index (Phi) is 4.45. The Morgan fingerprint density at radius 2 is 1.90 bits per heavy atom. The molecule has 2 aromatic heterocycles. The standard InChI is InChI=1S/C21H25BrN6O3/c1-11-3-12(2)28(17(30)15(11)16(23)29)25-18(31)20-5-13-4-14(6-20)8-21(7-13,9-20)27-10-24-19(22)26-27/h3,10,13-14H,4-9H2,1-2H3,(H2,23,29)(H,25,31)/t13-,14+,20?,21?. The molecule has 4 aliphatic rings. The summed E-state index contributed by atoms with van der Waals surface area (Å²) in [5.74, 6) is -0.0929. The molecule has 164 valence electrons. The molecule has 31 heavy (non-hydrogen) atoms. The van der Waals surface area contributed by atoms with Gasteiger partial charge in [-0.2, -0.15) is 0 Å². The third-order valence-corrected chi connectivity index (χ3v) is 7.87. The SMILES string of the molecule is Cc1cc(C)n(NC(=O)C23C[C@H]4C[C@@H](C2)CC(n2cnc(Br)n2)(C4)C3)c(=O)c1C(N)=O. The van der Waals surface area contributed by atoms with E-state index in [1.54, 1.807) is 26.2 Å². The number of nitrogens with zero attached hydrogens (tertiary/aromatic N) is 4. The summed E-state index contributed by atoms with van der Waals surface area (Å²) >= 11 is 3.34. The quantitative estimate of drug-likeness (QED) is 0.680. The normalized spacial score (nSPS) is 31.1. The van der Waals surface area contributed by atoms with Gasteiger partial charge in [-0.1, -0.05) is 0 Å². The van der Waals surface area contributed by atoms with Crippen LogP contribution in [-0.4, -0.2) is 31.3 Å². The molecule has 0 radical (unpaired) electrons. The molecule has 2 amide bonds. The average molecular weight is 489 g/mol. The number of halogens is 1. The van der Waals surface area contributed by atoms with Crippen molar-refractivity contribution in [3.05, 3.63) is 44.3 Å². The smallest absolute Gasteiger partial charge is 0.282 e. The largest absolute Gasteiger partial charge is 0.365 e. The first kappa shape index (κ1) is 20.4. The number of aryl methyl sites for hydroxylation is 2. The Morgan fingerprint density at radius 1 is 1.23 bits per heavy atom. The number of pyridine rings is 1. The summed E-state index contributed by atoms with van der Waals surface area (Å²) in [5, 5.41) is 4.53. The molecule has 0 spiro atoms. The summed E-state index contributed by atoms with van der Waals surface area (Å²) in [6.45, 7) is 3.40. The third-order valence-electron chi connectivity index (χ3n) is 7.51. The molecule has 6 rings (SSSR count). The van der Waals surface area contributed by atoms with E-state index in [-0.39, 0.29) is 17.0 Å². The molecule has 4 aliphatic carbocycles. The lowest BCUT2D eigenvalue weighted by molar-refractivity contribution is -0.151. The van der Waals surface area contributed by atoms with Crippen molar-refractivity contribution in [2.24, 2.45) is 23.0 Å². The van der Waals surface area contributed by atoms with E-state index in [9.17, 15) is 14.4 Å². The van der Waals surface area contributed by atoms with E-state index in [0.29, 0.717) is 34.2 Å². The molecular formula is C21H25BrN6O3. The number of nitrogens with two attached hydrogens (primary N) is 1. The molecule has 4 bridgehead atoms. The van der Waals surface area contributed by atoms with E-state index >= 15 is 0 Å². The maximum atomic E-state index is 13.7. The summed E-state index contributed by atoms with van der Waals surface area (Å²) in [6, 6.07) is 1.69. The molecule has 0 aromatic carbocycles. The average Bonchev–Trinajstić information content (AvgIpc) is 3.10. The van der Waals surface area contributed by atoms with Gasteiger partial charge in [0.1, 0.15) is 11.9 Å². The van der Waals surface area contributed by atoms with E-state index in [0.717, 1.165) is 32.1 Å². The van der Waals surface area contributed by atoms with Gasteiger partial charge >= 0.3 is 0 Å². The minimum atomic E-state index is -0.795. The van der Waals surface area contributed by atoms with Gasteiger partial charge in [-0.05, 0) is 91.8 Å². The zero-order valence-electron chi connectivity index (χ0n) is 17.5. The van der Waals surface area contributed by atoms with Gasteiger partial charge in [0, 0.05) is 5.69 Å². The van der Waals surface area contributed by atoms with Gasteiger partial charge in [0.05, 0.1) is 11.0 Å². The van der Waals surface area contributed by atoms with Crippen LogP contribution >= 0.6 is 15.9 Å². The van der Waals surface area contributed by atoms with Gasteiger partial charge in [0.25, 0.3) is 11.5 Å². The zero-order valence-corrected chi connectivity index (χ0v) is 19.1. The van der Waals surface area contributed by atoms with Crippen molar-refractivity contribution in [3.63, 3.8) is 0 Å². The maximum Gasteiger partial charge on any atom is 0.282 e. The summed E-state index contributed by atoms with van der Waals surface area (Å²) in [6.07, 6.45) is 7.12. The van der Waals surface area contributed by atoms with Gasteiger partial charge in [0.2, 0.25) is 10.6 Å². The first-order valence-electron chi connectivity index (χ1n) is 10.5. The molecule has 2 aromatic rings. The second kappa shape index (κ2) is 6.75. The predicted molar refractivity (Wildman–Crippen MR) is 116 cm³/mol. The number of hydrogen-bond acceptors (Lipinski definition) is 5. The van der Waals surface area contributed by atoms with Crippen LogP contribution in [0.4, 0.5) is 0 Å². The van der Waals surface area contributed by atoms with Crippen molar-refractivity contribution >= 4 is 27.7 Å². The van der Waals surface area contributed by atoms with Crippen molar-refractivity contribution in [2.45, 2.75) is 57.9 Å². The molecule has 3 N–H and O–H groups in total. The number of carbonyl (C=O) groups excluding carboxylic acids is 2. The minimum absolute atomic E-state index is 0.0969. The van der Waals surface area contributed by atoms with E-state index in [1.807, 2.05) is 4.68 Å². The fourth-order valence-electron chi connectivity index (χ4n) is 6.77. The number of hydrogen-bond donors (Lipinski definition) is 2. The molecule has 2 unspecified atom stereocenters. The minimum Gasteiger partial charge on any atom is -0.365 e.